The zero-order valence-corrected chi connectivity index (χ0v) is 16.0. The number of rotatable bonds is 4. The van der Waals surface area contributed by atoms with Crippen LogP contribution in [0.4, 0.5) is 0 Å². The molecular formula is C22H24O3S. The van der Waals surface area contributed by atoms with Crippen LogP contribution in [-0.2, 0) is 5.41 Å². The SMILES string of the molecule is COc1ccc(/C=C/Sc2ccccc2)c2c1O[C@H]1CCC(O)C[C@@]21C. The van der Waals surface area contributed by atoms with E-state index in [1.165, 1.54) is 10.5 Å². The van der Waals surface area contributed by atoms with Crippen LogP contribution in [0, 0.1) is 0 Å². The van der Waals surface area contributed by atoms with Gasteiger partial charge in [-0.05, 0) is 54.5 Å². The van der Waals surface area contributed by atoms with Gasteiger partial charge < -0.3 is 14.6 Å². The fourth-order valence-corrected chi connectivity index (χ4v) is 4.94. The summed E-state index contributed by atoms with van der Waals surface area (Å²) in [5, 5.41) is 12.4. The van der Waals surface area contributed by atoms with E-state index in [2.05, 4.69) is 36.6 Å². The van der Waals surface area contributed by atoms with Crippen molar-refractivity contribution in [1.82, 2.24) is 0 Å². The third kappa shape index (κ3) is 3.01. The van der Waals surface area contributed by atoms with Gasteiger partial charge in [-0.1, -0.05) is 43.0 Å². The molecule has 1 unspecified atom stereocenters. The van der Waals surface area contributed by atoms with E-state index in [0.29, 0.717) is 0 Å². The smallest absolute Gasteiger partial charge is 0.166 e. The molecule has 3 nitrogen and oxygen atoms in total. The predicted molar refractivity (Wildman–Crippen MR) is 106 cm³/mol. The van der Waals surface area contributed by atoms with Crippen LogP contribution in [-0.4, -0.2) is 24.4 Å². The van der Waals surface area contributed by atoms with Crippen LogP contribution < -0.4 is 9.47 Å². The van der Waals surface area contributed by atoms with Crippen LogP contribution in [0.5, 0.6) is 11.5 Å². The summed E-state index contributed by atoms with van der Waals surface area (Å²) in [6.45, 7) is 2.22. The lowest BCUT2D eigenvalue weighted by atomic mass is 9.68. The number of hydrogen-bond donors (Lipinski definition) is 1. The molecule has 1 heterocycles. The van der Waals surface area contributed by atoms with Gasteiger partial charge in [0.2, 0.25) is 0 Å². The Hall–Kier alpha value is -1.91. The van der Waals surface area contributed by atoms with Crippen LogP contribution in [0.2, 0.25) is 0 Å². The van der Waals surface area contributed by atoms with Gasteiger partial charge in [0.25, 0.3) is 0 Å². The quantitative estimate of drug-likeness (QED) is 0.769. The van der Waals surface area contributed by atoms with Crippen molar-refractivity contribution in [3.8, 4) is 11.5 Å². The minimum absolute atomic E-state index is 0.103. The Morgan fingerprint density at radius 3 is 2.77 bits per heavy atom. The maximum Gasteiger partial charge on any atom is 0.166 e. The fraction of sp³-hybridized carbons (Fsp3) is 0.364. The van der Waals surface area contributed by atoms with Gasteiger partial charge in [-0.15, -0.1) is 0 Å². The first-order valence-corrected chi connectivity index (χ1v) is 9.94. The van der Waals surface area contributed by atoms with Crippen molar-refractivity contribution in [2.75, 3.05) is 7.11 Å². The number of ether oxygens (including phenoxy) is 2. The summed E-state index contributed by atoms with van der Waals surface area (Å²) in [4.78, 5) is 1.21. The zero-order valence-electron chi connectivity index (χ0n) is 15.1. The Morgan fingerprint density at radius 1 is 1.19 bits per heavy atom. The summed E-state index contributed by atoms with van der Waals surface area (Å²) in [5.74, 6) is 1.62. The molecule has 2 aromatic carbocycles. The normalized spacial score (nSPS) is 27.0. The van der Waals surface area contributed by atoms with Crippen molar-refractivity contribution in [2.24, 2.45) is 0 Å². The molecule has 0 bridgehead atoms. The fourth-order valence-electron chi connectivity index (χ4n) is 4.25. The van der Waals surface area contributed by atoms with Gasteiger partial charge in [0, 0.05) is 15.9 Å². The highest BCUT2D eigenvalue weighted by Gasteiger charge is 2.50. The molecule has 1 aliphatic heterocycles. The first-order chi connectivity index (χ1) is 12.6. The lowest BCUT2D eigenvalue weighted by Gasteiger charge is -2.37. The Bertz CT molecular complexity index is 818. The number of fused-ring (bicyclic) bond motifs is 3. The number of aliphatic hydroxyl groups excluding tert-OH is 1. The summed E-state index contributed by atoms with van der Waals surface area (Å²) >= 11 is 1.70. The highest BCUT2D eigenvalue weighted by atomic mass is 32.2. The minimum Gasteiger partial charge on any atom is -0.493 e. The molecule has 26 heavy (non-hydrogen) atoms. The van der Waals surface area contributed by atoms with Crippen molar-refractivity contribution < 1.29 is 14.6 Å². The molecule has 3 atom stereocenters. The van der Waals surface area contributed by atoms with E-state index in [1.807, 2.05) is 24.3 Å². The third-order valence-electron chi connectivity index (χ3n) is 5.53. The monoisotopic (exact) mass is 368 g/mol. The number of aliphatic hydroxyl groups is 1. The second-order valence-corrected chi connectivity index (χ2v) is 8.23. The van der Waals surface area contributed by atoms with Gasteiger partial charge in [0.05, 0.1) is 13.2 Å². The molecule has 1 N–H and O–H groups in total. The van der Waals surface area contributed by atoms with Crippen LogP contribution in [0.15, 0.2) is 52.8 Å². The molecule has 2 aliphatic rings. The van der Waals surface area contributed by atoms with E-state index in [4.69, 9.17) is 9.47 Å². The van der Waals surface area contributed by atoms with Crippen LogP contribution >= 0.6 is 11.8 Å². The van der Waals surface area contributed by atoms with E-state index in [0.717, 1.165) is 36.3 Å². The summed E-state index contributed by atoms with van der Waals surface area (Å²) in [6.07, 6.45) is 4.38. The second kappa shape index (κ2) is 7.01. The summed E-state index contributed by atoms with van der Waals surface area (Å²) in [6, 6.07) is 14.4. The third-order valence-corrected chi connectivity index (χ3v) is 6.35. The molecule has 1 saturated carbocycles. The molecule has 4 heteroatoms. The average Bonchev–Trinajstić information content (AvgIpc) is 2.95. The standard InChI is InChI=1S/C22H24O3S/c1-22-14-16(23)9-11-19(22)25-21-18(24-2)10-8-15(20(21)22)12-13-26-17-6-4-3-5-7-17/h3-8,10,12-13,16,19,23H,9,11,14H2,1-2H3/b13-12+/t16?,19-,22+/m0/s1. The van der Waals surface area contributed by atoms with Gasteiger partial charge in [-0.3, -0.25) is 0 Å². The Morgan fingerprint density at radius 2 is 2.00 bits per heavy atom. The number of hydrogen-bond acceptors (Lipinski definition) is 4. The van der Waals surface area contributed by atoms with Gasteiger partial charge in [-0.2, -0.15) is 0 Å². The summed E-state index contributed by atoms with van der Waals surface area (Å²) < 4.78 is 11.9. The molecule has 4 rings (SSSR count). The van der Waals surface area contributed by atoms with Gasteiger partial charge in [0.15, 0.2) is 11.5 Å². The molecule has 0 saturated heterocycles. The van der Waals surface area contributed by atoms with Crippen molar-refractivity contribution >= 4 is 17.8 Å². The first-order valence-electron chi connectivity index (χ1n) is 9.06. The van der Waals surface area contributed by atoms with Crippen LogP contribution in [0.3, 0.4) is 0 Å². The maximum absolute atomic E-state index is 10.3. The zero-order chi connectivity index (χ0) is 18.1. The van der Waals surface area contributed by atoms with Crippen LogP contribution in [0.25, 0.3) is 6.08 Å². The van der Waals surface area contributed by atoms with Crippen molar-refractivity contribution in [1.29, 1.82) is 0 Å². The van der Waals surface area contributed by atoms with E-state index in [-0.39, 0.29) is 17.6 Å². The largest absolute Gasteiger partial charge is 0.493 e. The molecule has 0 radical (unpaired) electrons. The number of thioether (sulfide) groups is 1. The van der Waals surface area contributed by atoms with Gasteiger partial charge in [-0.25, -0.2) is 0 Å². The van der Waals surface area contributed by atoms with Crippen LogP contribution in [0.1, 0.15) is 37.3 Å². The van der Waals surface area contributed by atoms with Crippen molar-refractivity contribution in [2.45, 2.75) is 48.7 Å². The topological polar surface area (TPSA) is 38.7 Å². The van der Waals surface area contributed by atoms with E-state index < -0.39 is 0 Å². The van der Waals surface area contributed by atoms with E-state index >= 15 is 0 Å². The summed E-state index contributed by atoms with van der Waals surface area (Å²) in [7, 11) is 1.68. The highest BCUT2D eigenvalue weighted by molar-refractivity contribution is 8.02. The Labute approximate surface area is 159 Å². The average molecular weight is 368 g/mol. The van der Waals surface area contributed by atoms with Crippen molar-refractivity contribution in [3.63, 3.8) is 0 Å². The predicted octanol–water partition coefficient (Wildman–Crippen LogP) is 5.02. The Kier molecular flexibility index (Phi) is 4.72. The molecule has 2 aromatic rings. The Balaban J connectivity index is 1.70. The van der Waals surface area contributed by atoms with Crippen molar-refractivity contribution in [3.05, 3.63) is 59.0 Å². The van der Waals surface area contributed by atoms with E-state index in [1.54, 1.807) is 18.9 Å². The molecule has 1 fully saturated rings. The maximum atomic E-state index is 10.3. The van der Waals surface area contributed by atoms with E-state index in [9.17, 15) is 5.11 Å². The highest BCUT2D eigenvalue weighted by Crippen LogP contribution is 2.55. The lowest BCUT2D eigenvalue weighted by molar-refractivity contribution is 0.0276. The first kappa shape index (κ1) is 17.5. The van der Waals surface area contributed by atoms with Gasteiger partial charge >= 0.3 is 0 Å². The molecule has 136 valence electrons. The molecule has 0 aromatic heterocycles. The molecule has 0 amide bonds. The molecule has 0 spiro atoms. The lowest BCUT2D eigenvalue weighted by Crippen LogP contribution is -2.43. The molecular weight excluding hydrogens is 344 g/mol. The molecule has 1 aliphatic carbocycles. The van der Waals surface area contributed by atoms with Gasteiger partial charge in [0.1, 0.15) is 6.10 Å². The summed E-state index contributed by atoms with van der Waals surface area (Å²) in [5.41, 5.74) is 2.13. The minimum atomic E-state index is -0.271. The second-order valence-electron chi connectivity index (χ2n) is 7.25. The number of methoxy groups -OCH3 is 1. The number of benzene rings is 2.